The van der Waals surface area contributed by atoms with E-state index < -0.39 is 5.97 Å². The van der Waals surface area contributed by atoms with Crippen molar-refractivity contribution < 1.29 is 33.6 Å². The van der Waals surface area contributed by atoms with Gasteiger partial charge in [-0.05, 0) is 35.2 Å². The van der Waals surface area contributed by atoms with Crippen molar-refractivity contribution in [2.24, 2.45) is 0 Å². The molecule has 0 aromatic heterocycles. The van der Waals surface area contributed by atoms with E-state index in [9.17, 15) is 9.90 Å². The number of rotatable bonds is 3. The quantitative estimate of drug-likeness (QED) is 0.695. The lowest BCUT2D eigenvalue weighted by molar-refractivity contribution is 0.0535. The lowest BCUT2D eigenvalue weighted by atomic mass is 9.89. The topological polar surface area (TPSA) is 83.5 Å². The Balaban J connectivity index is 1.91. The second kappa shape index (κ2) is 5.95. The summed E-state index contributed by atoms with van der Waals surface area (Å²) in [4.78, 5) is 12.6. The molecule has 3 aromatic carbocycles. The second-order valence-electron chi connectivity index (χ2n) is 6.48. The Bertz CT molecular complexity index is 1150. The summed E-state index contributed by atoms with van der Waals surface area (Å²) in [5.74, 6) is 1.61. The van der Waals surface area contributed by atoms with E-state index in [0.29, 0.717) is 50.5 Å². The first-order valence-electron chi connectivity index (χ1n) is 8.63. The maximum absolute atomic E-state index is 12.6. The van der Waals surface area contributed by atoms with Crippen LogP contribution in [0.25, 0.3) is 21.9 Å². The van der Waals surface area contributed by atoms with Gasteiger partial charge >= 0.3 is 5.97 Å². The van der Waals surface area contributed by atoms with Crippen molar-refractivity contribution in [2.45, 2.75) is 6.61 Å². The van der Waals surface area contributed by atoms with E-state index in [1.165, 1.54) is 14.2 Å². The third-order valence-corrected chi connectivity index (χ3v) is 5.08. The number of phenolic OH excluding ortho intramolecular Hbond substituents is 1. The number of esters is 1. The molecule has 0 bridgehead atoms. The van der Waals surface area contributed by atoms with Gasteiger partial charge in [0.25, 0.3) is 0 Å². The molecule has 0 radical (unpaired) electrons. The number of carbonyl (C=O) groups is 1. The van der Waals surface area contributed by atoms with Gasteiger partial charge in [-0.3, -0.25) is 0 Å². The van der Waals surface area contributed by atoms with Crippen molar-refractivity contribution >= 4 is 16.7 Å². The molecule has 0 amide bonds. The molecule has 0 atom stereocenters. The number of methoxy groups -OCH3 is 2. The van der Waals surface area contributed by atoms with Crippen LogP contribution in [0.15, 0.2) is 30.3 Å². The molecule has 0 saturated carbocycles. The van der Waals surface area contributed by atoms with Gasteiger partial charge in [0.15, 0.2) is 23.0 Å². The molecule has 0 aliphatic carbocycles. The predicted octanol–water partition coefficient (Wildman–Crippen LogP) is 3.63. The standard InChI is InChI=1S/C21H16O7/c1-24-16-7-12-11(6-14(16)22)18(10-3-4-15-17(5-10)28-9-27-15)19-13(20(12)25-2)8-26-21(19)23/h3-7,22H,8-9H2,1-2H3. The first-order chi connectivity index (χ1) is 13.6. The van der Waals surface area contributed by atoms with Gasteiger partial charge in [0.1, 0.15) is 12.4 Å². The summed E-state index contributed by atoms with van der Waals surface area (Å²) in [6, 6.07) is 8.73. The maximum Gasteiger partial charge on any atom is 0.339 e. The number of carbonyl (C=O) groups excluding carboxylic acids is 1. The second-order valence-corrected chi connectivity index (χ2v) is 6.48. The molecule has 2 heterocycles. The third kappa shape index (κ3) is 2.19. The zero-order chi connectivity index (χ0) is 19.4. The zero-order valence-electron chi connectivity index (χ0n) is 15.2. The maximum atomic E-state index is 12.6. The van der Waals surface area contributed by atoms with Crippen LogP contribution in [0, 0.1) is 0 Å². The van der Waals surface area contributed by atoms with Gasteiger partial charge in [0.05, 0.1) is 19.8 Å². The molecular weight excluding hydrogens is 364 g/mol. The molecule has 0 spiro atoms. The Morgan fingerprint density at radius 3 is 2.54 bits per heavy atom. The van der Waals surface area contributed by atoms with E-state index >= 15 is 0 Å². The van der Waals surface area contributed by atoms with Crippen molar-refractivity contribution in [2.75, 3.05) is 21.0 Å². The minimum Gasteiger partial charge on any atom is -0.504 e. The van der Waals surface area contributed by atoms with Crippen LogP contribution in [0.3, 0.4) is 0 Å². The van der Waals surface area contributed by atoms with E-state index in [-0.39, 0.29) is 19.1 Å². The van der Waals surface area contributed by atoms with E-state index in [0.717, 1.165) is 5.56 Å². The molecule has 142 valence electrons. The number of aromatic hydroxyl groups is 1. The minimum absolute atomic E-state index is 0.0367. The number of hydrogen-bond donors (Lipinski definition) is 1. The molecule has 2 aliphatic heterocycles. The summed E-state index contributed by atoms with van der Waals surface area (Å²) in [6.45, 7) is 0.272. The molecular formula is C21H16O7. The van der Waals surface area contributed by atoms with Crippen LogP contribution in [0.1, 0.15) is 15.9 Å². The van der Waals surface area contributed by atoms with Gasteiger partial charge in [0, 0.05) is 16.5 Å². The number of ether oxygens (including phenoxy) is 5. The summed E-state index contributed by atoms with van der Waals surface area (Å²) in [7, 11) is 3.02. The van der Waals surface area contributed by atoms with Crippen molar-refractivity contribution in [1.29, 1.82) is 0 Å². The monoisotopic (exact) mass is 380 g/mol. The van der Waals surface area contributed by atoms with Crippen LogP contribution in [-0.2, 0) is 11.3 Å². The Kier molecular flexibility index (Phi) is 3.52. The number of hydrogen-bond acceptors (Lipinski definition) is 7. The first-order valence-corrected chi connectivity index (χ1v) is 8.63. The molecule has 7 heteroatoms. The fraction of sp³-hybridized carbons (Fsp3) is 0.190. The number of benzene rings is 3. The molecule has 0 saturated heterocycles. The van der Waals surface area contributed by atoms with Gasteiger partial charge in [0.2, 0.25) is 6.79 Å². The Hall–Kier alpha value is -3.61. The van der Waals surface area contributed by atoms with Gasteiger partial charge < -0.3 is 28.8 Å². The van der Waals surface area contributed by atoms with Crippen LogP contribution in [0.4, 0.5) is 0 Å². The summed E-state index contributed by atoms with van der Waals surface area (Å²) < 4.78 is 27.1. The van der Waals surface area contributed by atoms with E-state index in [4.69, 9.17) is 23.7 Å². The van der Waals surface area contributed by atoms with Crippen molar-refractivity contribution in [3.05, 3.63) is 41.5 Å². The Labute approximate surface area is 160 Å². The normalized spacial score (nSPS) is 14.1. The zero-order valence-corrected chi connectivity index (χ0v) is 15.2. The van der Waals surface area contributed by atoms with Gasteiger partial charge in [-0.2, -0.15) is 0 Å². The number of phenols is 1. The van der Waals surface area contributed by atoms with E-state index in [2.05, 4.69) is 0 Å². The van der Waals surface area contributed by atoms with Crippen LogP contribution in [0.5, 0.6) is 28.7 Å². The molecule has 2 aliphatic rings. The minimum atomic E-state index is -0.432. The summed E-state index contributed by atoms with van der Waals surface area (Å²) in [6.07, 6.45) is 0. The van der Waals surface area contributed by atoms with Gasteiger partial charge in [-0.15, -0.1) is 0 Å². The van der Waals surface area contributed by atoms with Crippen LogP contribution in [0.2, 0.25) is 0 Å². The summed E-state index contributed by atoms with van der Waals surface area (Å²) in [5, 5.41) is 11.7. The Morgan fingerprint density at radius 2 is 1.75 bits per heavy atom. The van der Waals surface area contributed by atoms with Crippen LogP contribution < -0.4 is 18.9 Å². The highest BCUT2D eigenvalue weighted by Gasteiger charge is 2.33. The highest BCUT2D eigenvalue weighted by atomic mass is 16.7. The summed E-state index contributed by atoms with van der Waals surface area (Å²) in [5.41, 5.74) is 2.48. The molecule has 5 rings (SSSR count). The average molecular weight is 380 g/mol. The highest BCUT2D eigenvalue weighted by Crippen LogP contribution is 2.48. The van der Waals surface area contributed by atoms with Gasteiger partial charge in [-0.1, -0.05) is 6.07 Å². The lowest BCUT2D eigenvalue weighted by Crippen LogP contribution is -2.01. The fourth-order valence-electron chi connectivity index (χ4n) is 3.85. The van der Waals surface area contributed by atoms with E-state index in [1.807, 2.05) is 12.1 Å². The lowest BCUT2D eigenvalue weighted by Gasteiger charge is -2.17. The SMILES string of the molecule is COc1cc2c(OC)c3c(c(-c4ccc5c(c4)OCO5)c2cc1O)C(=O)OC3. The average Bonchev–Trinajstić information content (AvgIpc) is 3.32. The van der Waals surface area contributed by atoms with Gasteiger partial charge in [-0.25, -0.2) is 4.79 Å². The van der Waals surface area contributed by atoms with Crippen LogP contribution >= 0.6 is 0 Å². The highest BCUT2D eigenvalue weighted by molar-refractivity contribution is 6.14. The first kappa shape index (κ1) is 16.6. The van der Waals surface area contributed by atoms with E-state index in [1.54, 1.807) is 18.2 Å². The number of cyclic esters (lactones) is 1. The smallest absolute Gasteiger partial charge is 0.339 e. The Morgan fingerprint density at radius 1 is 0.929 bits per heavy atom. The molecule has 0 unspecified atom stereocenters. The molecule has 3 aromatic rings. The number of fused-ring (bicyclic) bond motifs is 3. The molecule has 1 N–H and O–H groups in total. The van der Waals surface area contributed by atoms with Crippen molar-refractivity contribution in [3.63, 3.8) is 0 Å². The van der Waals surface area contributed by atoms with Crippen molar-refractivity contribution in [3.8, 4) is 39.9 Å². The molecule has 0 fully saturated rings. The fourth-order valence-corrected chi connectivity index (χ4v) is 3.85. The molecule has 7 nitrogen and oxygen atoms in total. The van der Waals surface area contributed by atoms with Crippen molar-refractivity contribution in [1.82, 2.24) is 0 Å². The van der Waals surface area contributed by atoms with Crippen LogP contribution in [-0.4, -0.2) is 32.1 Å². The molecule has 28 heavy (non-hydrogen) atoms. The summed E-state index contributed by atoms with van der Waals surface area (Å²) >= 11 is 0. The largest absolute Gasteiger partial charge is 0.504 e. The third-order valence-electron chi connectivity index (χ3n) is 5.08. The predicted molar refractivity (Wildman–Crippen MR) is 99.4 cm³/mol.